The summed E-state index contributed by atoms with van der Waals surface area (Å²) in [5, 5.41) is 20.4. The Morgan fingerprint density at radius 1 is 1.39 bits per heavy atom. The highest BCUT2D eigenvalue weighted by Crippen LogP contribution is 2.29. The molecule has 1 aromatic carbocycles. The average Bonchev–Trinajstić information content (AvgIpc) is 2.38. The van der Waals surface area contributed by atoms with E-state index in [1.165, 1.54) is 21.0 Å². The van der Waals surface area contributed by atoms with Crippen molar-refractivity contribution in [1.82, 2.24) is 0 Å². The van der Waals surface area contributed by atoms with Gasteiger partial charge in [-0.15, -0.1) is 0 Å². The number of ether oxygens (including phenoxy) is 1. The second kappa shape index (κ2) is 5.20. The zero-order valence-corrected chi connectivity index (χ0v) is 10.4. The standard InChI is InChI=1S/C13H13N3O2/c1-13(2,8-15)12(17)16-11-9(7-14)5-4-6-10(11)18-3/h4-6H,1-3H3,(H,16,17). The Labute approximate surface area is 106 Å². The third-order valence-electron chi connectivity index (χ3n) is 2.45. The Balaban J connectivity index is 3.16. The topological polar surface area (TPSA) is 85.9 Å². The normalized spacial score (nSPS) is 10.1. The molecule has 0 aliphatic heterocycles. The Morgan fingerprint density at radius 2 is 2.06 bits per heavy atom. The first-order chi connectivity index (χ1) is 8.46. The van der Waals surface area contributed by atoms with Crippen LogP contribution in [0.4, 0.5) is 5.69 Å². The number of hydrogen-bond acceptors (Lipinski definition) is 4. The van der Waals surface area contributed by atoms with E-state index in [2.05, 4.69) is 5.32 Å². The number of methoxy groups -OCH3 is 1. The van der Waals surface area contributed by atoms with E-state index >= 15 is 0 Å². The number of para-hydroxylation sites is 1. The summed E-state index contributed by atoms with van der Waals surface area (Å²) in [4.78, 5) is 11.9. The molecule has 0 aromatic heterocycles. The van der Waals surface area contributed by atoms with Crippen LogP contribution in [0, 0.1) is 28.1 Å². The van der Waals surface area contributed by atoms with Crippen LogP contribution in [0.3, 0.4) is 0 Å². The van der Waals surface area contributed by atoms with E-state index in [0.717, 1.165) is 0 Å². The number of nitrogens with zero attached hydrogens (tertiary/aromatic N) is 2. The van der Waals surface area contributed by atoms with Crippen molar-refractivity contribution >= 4 is 11.6 Å². The summed E-state index contributed by atoms with van der Waals surface area (Å²) in [6.45, 7) is 3.01. The fourth-order valence-corrected chi connectivity index (χ4v) is 1.24. The number of hydrogen-bond donors (Lipinski definition) is 1. The van der Waals surface area contributed by atoms with Crippen LogP contribution in [0.15, 0.2) is 18.2 Å². The molecule has 1 amide bonds. The van der Waals surface area contributed by atoms with Gasteiger partial charge in [0.05, 0.1) is 18.7 Å². The van der Waals surface area contributed by atoms with E-state index in [9.17, 15) is 4.79 Å². The van der Waals surface area contributed by atoms with Crippen molar-refractivity contribution in [2.45, 2.75) is 13.8 Å². The number of benzene rings is 1. The summed E-state index contributed by atoms with van der Waals surface area (Å²) in [5.74, 6) is -0.0952. The predicted octanol–water partition coefficient (Wildman–Crippen LogP) is 2.06. The van der Waals surface area contributed by atoms with Crippen LogP contribution in [0.5, 0.6) is 5.75 Å². The molecule has 5 heteroatoms. The Kier molecular flexibility index (Phi) is 3.91. The SMILES string of the molecule is COc1cccc(C#N)c1NC(=O)C(C)(C)C#N. The fourth-order valence-electron chi connectivity index (χ4n) is 1.24. The van der Waals surface area contributed by atoms with Gasteiger partial charge in [-0.2, -0.15) is 10.5 Å². The lowest BCUT2D eigenvalue weighted by Crippen LogP contribution is -2.29. The first kappa shape index (κ1) is 13.5. The van der Waals surface area contributed by atoms with Gasteiger partial charge in [0.15, 0.2) is 0 Å². The van der Waals surface area contributed by atoms with E-state index in [0.29, 0.717) is 5.75 Å². The smallest absolute Gasteiger partial charge is 0.244 e. The van der Waals surface area contributed by atoms with E-state index in [1.54, 1.807) is 18.2 Å². The van der Waals surface area contributed by atoms with E-state index in [4.69, 9.17) is 15.3 Å². The van der Waals surface area contributed by atoms with Crippen molar-refractivity contribution in [2.75, 3.05) is 12.4 Å². The minimum absolute atomic E-state index is 0.288. The lowest BCUT2D eigenvalue weighted by molar-refractivity contribution is -0.121. The number of nitriles is 2. The molecule has 0 atom stereocenters. The molecule has 0 bridgehead atoms. The highest BCUT2D eigenvalue weighted by atomic mass is 16.5. The zero-order valence-electron chi connectivity index (χ0n) is 10.4. The molecule has 92 valence electrons. The molecule has 0 unspecified atom stereocenters. The van der Waals surface area contributed by atoms with Gasteiger partial charge in [0, 0.05) is 0 Å². The quantitative estimate of drug-likeness (QED) is 0.880. The maximum Gasteiger partial charge on any atom is 0.244 e. The van der Waals surface area contributed by atoms with Crippen LogP contribution < -0.4 is 10.1 Å². The fraction of sp³-hybridized carbons (Fsp3) is 0.308. The second-order valence-electron chi connectivity index (χ2n) is 4.19. The van der Waals surface area contributed by atoms with Crippen molar-refractivity contribution < 1.29 is 9.53 Å². The van der Waals surface area contributed by atoms with Gasteiger partial charge in [-0.25, -0.2) is 0 Å². The van der Waals surface area contributed by atoms with Gasteiger partial charge < -0.3 is 10.1 Å². The third kappa shape index (κ3) is 2.58. The maximum atomic E-state index is 11.9. The minimum Gasteiger partial charge on any atom is -0.495 e. The minimum atomic E-state index is -1.17. The first-order valence-electron chi connectivity index (χ1n) is 5.26. The van der Waals surface area contributed by atoms with Crippen molar-refractivity contribution in [3.8, 4) is 17.9 Å². The van der Waals surface area contributed by atoms with Gasteiger partial charge in [0.1, 0.15) is 22.9 Å². The predicted molar refractivity (Wildman–Crippen MR) is 65.7 cm³/mol. The molecule has 0 aliphatic rings. The molecule has 0 saturated carbocycles. The van der Waals surface area contributed by atoms with Crippen molar-refractivity contribution in [3.05, 3.63) is 23.8 Å². The largest absolute Gasteiger partial charge is 0.495 e. The molecule has 0 radical (unpaired) electrons. The third-order valence-corrected chi connectivity index (χ3v) is 2.45. The number of anilines is 1. The number of nitrogens with one attached hydrogen (secondary N) is 1. The van der Waals surface area contributed by atoms with Gasteiger partial charge in [0.25, 0.3) is 0 Å². The molecule has 0 heterocycles. The summed E-state index contributed by atoms with van der Waals surface area (Å²) in [5.41, 5.74) is -0.597. The highest BCUT2D eigenvalue weighted by molar-refractivity contribution is 5.98. The second-order valence-corrected chi connectivity index (χ2v) is 4.19. The van der Waals surface area contributed by atoms with Crippen LogP contribution in [0.1, 0.15) is 19.4 Å². The highest BCUT2D eigenvalue weighted by Gasteiger charge is 2.28. The summed E-state index contributed by atoms with van der Waals surface area (Å²) in [6.07, 6.45) is 0. The van der Waals surface area contributed by atoms with Gasteiger partial charge in [-0.05, 0) is 26.0 Å². The van der Waals surface area contributed by atoms with Gasteiger partial charge >= 0.3 is 0 Å². The molecule has 0 saturated heterocycles. The van der Waals surface area contributed by atoms with Gasteiger partial charge in [-0.3, -0.25) is 4.79 Å². The Bertz CT molecular complexity index is 550. The molecular weight excluding hydrogens is 230 g/mol. The van der Waals surface area contributed by atoms with Crippen LogP contribution in [-0.2, 0) is 4.79 Å². The Hall–Kier alpha value is -2.53. The number of carbonyl (C=O) groups is 1. The van der Waals surface area contributed by atoms with Crippen LogP contribution >= 0.6 is 0 Å². The molecule has 18 heavy (non-hydrogen) atoms. The van der Waals surface area contributed by atoms with Gasteiger partial charge in [0.2, 0.25) is 5.91 Å². The van der Waals surface area contributed by atoms with Crippen molar-refractivity contribution in [3.63, 3.8) is 0 Å². The van der Waals surface area contributed by atoms with E-state index < -0.39 is 11.3 Å². The van der Waals surface area contributed by atoms with Crippen LogP contribution in [-0.4, -0.2) is 13.0 Å². The number of rotatable bonds is 3. The molecule has 5 nitrogen and oxygen atoms in total. The lowest BCUT2D eigenvalue weighted by Gasteiger charge is -2.17. The summed E-state index contributed by atoms with van der Waals surface area (Å²) >= 11 is 0. The number of carbonyl (C=O) groups excluding carboxylic acids is 1. The monoisotopic (exact) mass is 243 g/mol. The van der Waals surface area contributed by atoms with Crippen LogP contribution in [0.2, 0.25) is 0 Å². The van der Waals surface area contributed by atoms with Crippen molar-refractivity contribution in [2.24, 2.45) is 5.41 Å². The molecule has 0 aliphatic carbocycles. The first-order valence-corrected chi connectivity index (χ1v) is 5.26. The average molecular weight is 243 g/mol. The van der Waals surface area contributed by atoms with E-state index in [1.807, 2.05) is 12.1 Å². The molecule has 0 fully saturated rings. The summed E-state index contributed by atoms with van der Waals surface area (Å²) in [7, 11) is 1.45. The van der Waals surface area contributed by atoms with Crippen LogP contribution in [0.25, 0.3) is 0 Å². The lowest BCUT2D eigenvalue weighted by atomic mass is 9.94. The summed E-state index contributed by atoms with van der Waals surface area (Å²) in [6, 6.07) is 8.72. The zero-order chi connectivity index (χ0) is 13.8. The van der Waals surface area contributed by atoms with Gasteiger partial charge in [-0.1, -0.05) is 6.07 Å². The van der Waals surface area contributed by atoms with E-state index in [-0.39, 0.29) is 11.3 Å². The Morgan fingerprint density at radius 3 is 2.56 bits per heavy atom. The molecule has 1 N–H and O–H groups in total. The summed E-state index contributed by atoms with van der Waals surface area (Å²) < 4.78 is 5.09. The number of amides is 1. The van der Waals surface area contributed by atoms with Crippen molar-refractivity contribution in [1.29, 1.82) is 10.5 Å². The molecule has 1 aromatic rings. The molecule has 0 spiro atoms. The molecule has 1 rings (SSSR count). The maximum absolute atomic E-state index is 11.9. The molecular formula is C13H13N3O2.